The maximum absolute atomic E-state index is 13.0. The zero-order chi connectivity index (χ0) is 29.4. The van der Waals surface area contributed by atoms with Crippen molar-refractivity contribution in [2.45, 2.75) is 40.2 Å². The van der Waals surface area contributed by atoms with Crippen LogP contribution in [0, 0.1) is 12.8 Å². The lowest BCUT2D eigenvalue weighted by molar-refractivity contribution is 0.102. The van der Waals surface area contributed by atoms with Crippen LogP contribution in [0.25, 0.3) is 22.4 Å². The summed E-state index contributed by atoms with van der Waals surface area (Å²) >= 11 is 6.96. The Bertz CT molecular complexity index is 1490. The Balaban J connectivity index is 1.58. The number of nitrogens with one attached hydrogen (secondary N) is 2. The van der Waals surface area contributed by atoms with E-state index >= 15 is 0 Å². The fraction of sp³-hybridized carbons (Fsp3) is 0.273. The lowest BCUT2D eigenvalue weighted by Gasteiger charge is -2.16. The van der Waals surface area contributed by atoms with E-state index < -0.39 is 0 Å². The third-order valence-electron chi connectivity index (χ3n) is 6.90. The standard InChI is InChI=1S/C33H36ClN4O3/c1-21(2)8-9-23-10-13-29(37-19-23)33(40)38-28-7-5-6-26(22(28)3)27-14-15-36-32(31(27)34)24-11-12-25(20-35-16-17-39)30(18-24)41-4/h5-7,10-15,18-19,35,39H,8-9,16-17,20H2,1-4H3,(H,38,40). The normalized spacial score (nSPS) is 11.1. The third-order valence-corrected chi connectivity index (χ3v) is 7.28. The quantitative estimate of drug-likeness (QED) is 0.164. The van der Waals surface area contributed by atoms with E-state index in [0.29, 0.717) is 40.9 Å². The number of hydrogen-bond acceptors (Lipinski definition) is 6. The number of nitrogens with zero attached hydrogens (tertiary/aromatic N) is 2. The number of rotatable bonds is 12. The molecule has 0 saturated carbocycles. The van der Waals surface area contributed by atoms with Gasteiger partial charge in [0, 0.05) is 47.9 Å². The van der Waals surface area contributed by atoms with Crippen molar-refractivity contribution in [3.8, 4) is 28.1 Å². The second-order valence-electron chi connectivity index (χ2n) is 10.1. The van der Waals surface area contributed by atoms with Crippen LogP contribution < -0.4 is 15.4 Å². The molecular formula is C33H36ClN4O3. The molecule has 7 nitrogen and oxygen atoms in total. The topological polar surface area (TPSA) is 96.4 Å². The second-order valence-corrected chi connectivity index (χ2v) is 10.5. The Kier molecular flexibility index (Phi) is 10.5. The van der Waals surface area contributed by atoms with Crippen LogP contribution in [-0.2, 0) is 13.0 Å². The number of pyridine rings is 2. The van der Waals surface area contributed by atoms with Crippen molar-refractivity contribution in [2.24, 2.45) is 0 Å². The molecule has 2 heterocycles. The molecule has 2 aromatic heterocycles. The zero-order valence-electron chi connectivity index (χ0n) is 23.9. The molecule has 0 saturated heterocycles. The minimum Gasteiger partial charge on any atom is -0.496 e. The van der Waals surface area contributed by atoms with Crippen LogP contribution in [0.1, 0.15) is 47.4 Å². The van der Waals surface area contributed by atoms with E-state index in [1.807, 2.05) is 55.5 Å². The van der Waals surface area contributed by atoms with Crippen LogP contribution in [0.4, 0.5) is 5.69 Å². The van der Waals surface area contributed by atoms with Crippen molar-refractivity contribution >= 4 is 23.2 Å². The number of anilines is 1. The first kappa shape index (κ1) is 30.2. The lowest BCUT2D eigenvalue weighted by Crippen LogP contribution is -2.17. The monoisotopic (exact) mass is 571 g/mol. The highest BCUT2D eigenvalue weighted by Gasteiger charge is 2.17. The first-order valence-corrected chi connectivity index (χ1v) is 14.0. The van der Waals surface area contributed by atoms with E-state index in [1.165, 1.54) is 5.92 Å². The van der Waals surface area contributed by atoms with Crippen LogP contribution in [0.3, 0.4) is 0 Å². The van der Waals surface area contributed by atoms with Gasteiger partial charge in [-0.25, -0.2) is 0 Å². The molecule has 0 atom stereocenters. The molecule has 0 spiro atoms. The number of carbonyl (C=O) groups is 1. The van der Waals surface area contributed by atoms with Gasteiger partial charge in [-0.3, -0.25) is 14.8 Å². The molecule has 0 bridgehead atoms. The Morgan fingerprint density at radius 3 is 2.59 bits per heavy atom. The van der Waals surface area contributed by atoms with Crippen molar-refractivity contribution in [2.75, 3.05) is 25.6 Å². The van der Waals surface area contributed by atoms with Crippen LogP contribution in [0.5, 0.6) is 5.75 Å². The molecule has 2 aromatic carbocycles. The maximum Gasteiger partial charge on any atom is 0.274 e. The highest BCUT2D eigenvalue weighted by atomic mass is 35.5. The van der Waals surface area contributed by atoms with E-state index in [1.54, 1.807) is 25.6 Å². The van der Waals surface area contributed by atoms with Gasteiger partial charge in [-0.1, -0.05) is 55.8 Å². The number of hydrogen-bond donors (Lipinski definition) is 3. The smallest absolute Gasteiger partial charge is 0.274 e. The number of aliphatic hydroxyl groups excluding tert-OH is 1. The van der Waals surface area contributed by atoms with Gasteiger partial charge in [0.15, 0.2) is 0 Å². The van der Waals surface area contributed by atoms with Gasteiger partial charge in [0.25, 0.3) is 5.91 Å². The molecule has 0 aliphatic carbocycles. The maximum atomic E-state index is 13.0. The van der Waals surface area contributed by atoms with E-state index in [4.69, 9.17) is 21.4 Å². The summed E-state index contributed by atoms with van der Waals surface area (Å²) in [6.07, 6.45) is 5.41. The fourth-order valence-corrected chi connectivity index (χ4v) is 4.87. The van der Waals surface area contributed by atoms with Crippen molar-refractivity contribution in [1.82, 2.24) is 15.3 Å². The van der Waals surface area contributed by atoms with Gasteiger partial charge < -0.3 is 20.5 Å². The number of carbonyl (C=O) groups excluding carboxylic acids is 1. The first-order chi connectivity index (χ1) is 19.8. The third kappa shape index (κ3) is 7.50. The zero-order valence-corrected chi connectivity index (χ0v) is 24.7. The number of aliphatic hydroxyl groups is 1. The van der Waals surface area contributed by atoms with E-state index in [2.05, 4.69) is 34.4 Å². The predicted molar refractivity (Wildman–Crippen MR) is 165 cm³/mol. The Labute approximate surface area is 247 Å². The molecule has 4 rings (SSSR count). The molecule has 8 heteroatoms. The number of aryl methyl sites for hydroxylation is 1. The van der Waals surface area contributed by atoms with Gasteiger partial charge in [0.05, 0.1) is 24.4 Å². The highest BCUT2D eigenvalue weighted by molar-refractivity contribution is 6.35. The SMILES string of the molecule is COc1cc(-c2nccc(-c3cccc(NC(=O)c4ccc(CC[C](C)C)cn4)c3C)c2Cl)ccc1CNCCO. The summed E-state index contributed by atoms with van der Waals surface area (Å²) in [4.78, 5) is 22.0. The summed E-state index contributed by atoms with van der Waals surface area (Å²) in [5, 5.41) is 15.7. The van der Waals surface area contributed by atoms with Gasteiger partial charge in [-0.2, -0.15) is 0 Å². The average Bonchev–Trinajstić information content (AvgIpc) is 2.98. The minimum atomic E-state index is -0.266. The van der Waals surface area contributed by atoms with Gasteiger partial charge in [-0.05, 0) is 66.6 Å². The van der Waals surface area contributed by atoms with E-state index in [-0.39, 0.29) is 12.5 Å². The Hall–Kier alpha value is -3.78. The highest BCUT2D eigenvalue weighted by Crippen LogP contribution is 2.39. The molecular weight excluding hydrogens is 536 g/mol. The van der Waals surface area contributed by atoms with Crippen molar-refractivity contribution in [3.05, 3.63) is 100 Å². The molecule has 4 aromatic rings. The second kappa shape index (κ2) is 14.2. The Morgan fingerprint density at radius 1 is 1.05 bits per heavy atom. The molecule has 0 unspecified atom stereocenters. The van der Waals surface area contributed by atoms with Gasteiger partial charge in [0.2, 0.25) is 0 Å². The van der Waals surface area contributed by atoms with Crippen LogP contribution in [0.2, 0.25) is 5.02 Å². The largest absolute Gasteiger partial charge is 0.496 e. The summed E-state index contributed by atoms with van der Waals surface area (Å²) in [6.45, 7) is 7.32. The van der Waals surface area contributed by atoms with E-state index in [0.717, 1.165) is 46.2 Å². The summed E-state index contributed by atoms with van der Waals surface area (Å²) in [5.74, 6) is 1.80. The van der Waals surface area contributed by atoms with Crippen LogP contribution in [-0.4, -0.2) is 41.2 Å². The molecule has 0 aliphatic heterocycles. The molecule has 1 radical (unpaired) electrons. The van der Waals surface area contributed by atoms with Crippen LogP contribution in [0.15, 0.2) is 67.0 Å². The summed E-state index contributed by atoms with van der Waals surface area (Å²) in [7, 11) is 1.62. The number of methoxy groups -OCH3 is 1. The number of ether oxygens (including phenoxy) is 1. The Morgan fingerprint density at radius 2 is 1.88 bits per heavy atom. The summed E-state index contributed by atoms with van der Waals surface area (Å²) < 4.78 is 5.61. The summed E-state index contributed by atoms with van der Waals surface area (Å²) in [6, 6.07) is 17.2. The van der Waals surface area contributed by atoms with Crippen molar-refractivity contribution < 1.29 is 14.6 Å². The molecule has 3 N–H and O–H groups in total. The van der Waals surface area contributed by atoms with Gasteiger partial charge >= 0.3 is 0 Å². The minimum absolute atomic E-state index is 0.0684. The number of aromatic nitrogens is 2. The molecule has 0 aliphatic rings. The van der Waals surface area contributed by atoms with E-state index in [9.17, 15) is 4.79 Å². The summed E-state index contributed by atoms with van der Waals surface area (Å²) in [5.41, 5.74) is 7.16. The van der Waals surface area contributed by atoms with Crippen LogP contribution >= 0.6 is 11.6 Å². The molecule has 41 heavy (non-hydrogen) atoms. The average molecular weight is 572 g/mol. The van der Waals surface area contributed by atoms with Gasteiger partial charge in [-0.15, -0.1) is 0 Å². The van der Waals surface area contributed by atoms with Crippen molar-refractivity contribution in [3.63, 3.8) is 0 Å². The lowest BCUT2D eigenvalue weighted by atomic mass is 9.97. The predicted octanol–water partition coefficient (Wildman–Crippen LogP) is 6.66. The van der Waals surface area contributed by atoms with Crippen molar-refractivity contribution in [1.29, 1.82) is 0 Å². The first-order valence-electron chi connectivity index (χ1n) is 13.6. The number of halogens is 1. The van der Waals surface area contributed by atoms with Gasteiger partial charge in [0.1, 0.15) is 11.4 Å². The molecule has 1 amide bonds. The number of benzene rings is 2. The number of amides is 1. The molecule has 0 fully saturated rings. The molecule has 213 valence electrons. The fourth-order valence-electron chi connectivity index (χ4n) is 4.54.